The second-order valence-corrected chi connectivity index (χ2v) is 9.48. The molecule has 0 spiro atoms. The number of nitrogens with zero attached hydrogens (tertiary/aromatic N) is 1. The lowest BCUT2D eigenvalue weighted by Gasteiger charge is -2.29. The van der Waals surface area contributed by atoms with Gasteiger partial charge in [0.25, 0.3) is 0 Å². The molecule has 0 unspecified atom stereocenters. The molecule has 0 fully saturated rings. The van der Waals surface area contributed by atoms with Crippen LogP contribution >= 0.6 is 0 Å². The van der Waals surface area contributed by atoms with Crippen molar-refractivity contribution in [3.05, 3.63) is 18.2 Å². The molecule has 4 N–H and O–H groups in total. The zero-order valence-electron chi connectivity index (χ0n) is 18.1. The van der Waals surface area contributed by atoms with Gasteiger partial charge in [-0.25, -0.2) is 9.52 Å². The molecule has 1 aromatic rings. The number of anilines is 3. The number of nitrogens with one attached hydrogen (secondary N) is 4. The fourth-order valence-electron chi connectivity index (χ4n) is 3.01. The van der Waals surface area contributed by atoms with Gasteiger partial charge < -0.3 is 16.0 Å². The van der Waals surface area contributed by atoms with Crippen LogP contribution in [-0.4, -0.2) is 42.9 Å². The summed E-state index contributed by atoms with van der Waals surface area (Å²) in [7, 11) is -3.98. The zero-order valence-corrected chi connectivity index (χ0v) is 18.9. The van der Waals surface area contributed by atoms with Crippen molar-refractivity contribution in [1.82, 2.24) is 9.03 Å². The molecule has 1 rings (SSSR count). The van der Waals surface area contributed by atoms with Crippen LogP contribution in [0.15, 0.2) is 18.2 Å². The first-order valence-corrected chi connectivity index (χ1v) is 11.1. The Labute approximate surface area is 169 Å². The number of para-hydroxylation sites is 1. The van der Waals surface area contributed by atoms with Crippen LogP contribution in [0, 0.1) is 0 Å². The van der Waals surface area contributed by atoms with Crippen LogP contribution in [0.2, 0.25) is 0 Å². The van der Waals surface area contributed by atoms with Gasteiger partial charge in [-0.3, -0.25) is 0 Å². The second-order valence-electron chi connectivity index (χ2n) is 7.90. The molecule has 0 aliphatic rings. The molecule has 0 aromatic heterocycles. The van der Waals surface area contributed by atoms with Crippen molar-refractivity contribution in [2.45, 2.75) is 79.6 Å². The molecule has 0 atom stereocenters. The van der Waals surface area contributed by atoms with E-state index in [-0.39, 0.29) is 24.2 Å². The van der Waals surface area contributed by atoms with E-state index in [1.54, 1.807) is 27.7 Å². The number of urea groups is 1. The second kappa shape index (κ2) is 9.97. The Morgan fingerprint density at radius 3 is 1.64 bits per heavy atom. The molecule has 2 amide bonds. The van der Waals surface area contributed by atoms with E-state index in [2.05, 4.69) is 20.7 Å². The molecule has 160 valence electrons. The Morgan fingerprint density at radius 1 is 0.857 bits per heavy atom. The van der Waals surface area contributed by atoms with Crippen LogP contribution in [0.1, 0.15) is 55.4 Å². The van der Waals surface area contributed by atoms with E-state index in [4.69, 9.17) is 0 Å². The average Bonchev–Trinajstić information content (AvgIpc) is 2.47. The van der Waals surface area contributed by atoms with E-state index in [1.165, 1.54) is 4.31 Å². The lowest BCUT2D eigenvalue weighted by molar-refractivity contribution is 0.253. The fourth-order valence-corrected chi connectivity index (χ4v) is 4.51. The largest absolute Gasteiger partial charge is 0.381 e. The minimum atomic E-state index is -3.98. The number of benzene rings is 1. The van der Waals surface area contributed by atoms with Gasteiger partial charge in [-0.15, -0.1) is 0 Å². The zero-order chi connectivity index (χ0) is 21.6. The van der Waals surface area contributed by atoms with Crippen molar-refractivity contribution in [2.24, 2.45) is 0 Å². The highest BCUT2D eigenvalue weighted by Gasteiger charge is 2.29. The van der Waals surface area contributed by atoms with Gasteiger partial charge in [-0.05, 0) is 67.5 Å². The van der Waals surface area contributed by atoms with Gasteiger partial charge >= 0.3 is 16.2 Å². The van der Waals surface area contributed by atoms with Gasteiger partial charge in [0, 0.05) is 24.2 Å². The average molecular weight is 414 g/mol. The Balaban J connectivity index is 3.16. The third kappa shape index (κ3) is 6.87. The molecule has 0 aliphatic heterocycles. The molecule has 1 aromatic carbocycles. The minimum Gasteiger partial charge on any atom is -0.381 e. The normalized spacial score (nSPS) is 12.2. The SMILES string of the molecule is CC(C)Nc1cccc(NC(C)C)c1NC(=O)NS(=O)(=O)N(C(C)C)C(C)C. The summed E-state index contributed by atoms with van der Waals surface area (Å²) in [5.41, 5.74) is 1.91. The van der Waals surface area contributed by atoms with Crippen molar-refractivity contribution >= 4 is 33.3 Å². The molecule has 28 heavy (non-hydrogen) atoms. The fraction of sp³-hybridized carbons (Fsp3) is 0.632. The maximum absolute atomic E-state index is 12.7. The Bertz CT molecular complexity index is 725. The van der Waals surface area contributed by atoms with Crippen LogP contribution in [0.25, 0.3) is 0 Å². The Morgan fingerprint density at radius 2 is 1.29 bits per heavy atom. The standard InChI is InChI=1S/C19H35N5O3S/c1-12(2)20-16-10-9-11-17(21-13(3)4)18(16)22-19(25)23-28(26,27)24(14(5)6)15(7)8/h9-15,20-21H,1-8H3,(H2,22,23,25). The molecule has 0 heterocycles. The lowest BCUT2D eigenvalue weighted by Crippen LogP contribution is -2.50. The maximum Gasteiger partial charge on any atom is 0.334 e. The van der Waals surface area contributed by atoms with Crippen LogP contribution < -0.4 is 20.7 Å². The molecule has 9 heteroatoms. The Hall–Kier alpha value is -2.00. The van der Waals surface area contributed by atoms with E-state index in [1.807, 2.05) is 45.9 Å². The number of hydrogen-bond acceptors (Lipinski definition) is 5. The third-order valence-electron chi connectivity index (χ3n) is 3.71. The van der Waals surface area contributed by atoms with Crippen LogP contribution in [0.4, 0.5) is 21.9 Å². The van der Waals surface area contributed by atoms with Crippen molar-refractivity contribution in [3.8, 4) is 0 Å². The monoisotopic (exact) mass is 413 g/mol. The maximum atomic E-state index is 12.7. The summed E-state index contributed by atoms with van der Waals surface area (Å²) in [6.45, 7) is 15.0. The van der Waals surface area contributed by atoms with E-state index in [0.29, 0.717) is 17.1 Å². The highest BCUT2D eigenvalue weighted by Crippen LogP contribution is 2.31. The summed E-state index contributed by atoms with van der Waals surface area (Å²) >= 11 is 0. The van der Waals surface area contributed by atoms with Gasteiger partial charge in [0.15, 0.2) is 0 Å². The first-order valence-electron chi connectivity index (χ1n) is 9.63. The smallest absolute Gasteiger partial charge is 0.334 e. The van der Waals surface area contributed by atoms with Crippen molar-refractivity contribution in [2.75, 3.05) is 16.0 Å². The summed E-state index contributed by atoms with van der Waals surface area (Å²) in [6, 6.07) is 4.45. The lowest BCUT2D eigenvalue weighted by atomic mass is 10.2. The number of carbonyl (C=O) groups is 1. The van der Waals surface area contributed by atoms with Gasteiger partial charge in [0.2, 0.25) is 0 Å². The molecular formula is C19H35N5O3S. The van der Waals surface area contributed by atoms with Crippen molar-refractivity contribution < 1.29 is 13.2 Å². The summed E-state index contributed by atoms with van der Waals surface area (Å²) < 4.78 is 28.7. The first-order chi connectivity index (χ1) is 12.8. The topological polar surface area (TPSA) is 103 Å². The van der Waals surface area contributed by atoms with E-state index in [9.17, 15) is 13.2 Å². The molecule has 0 saturated heterocycles. The van der Waals surface area contributed by atoms with Gasteiger partial charge in [-0.2, -0.15) is 12.7 Å². The molecular weight excluding hydrogens is 378 g/mol. The van der Waals surface area contributed by atoms with Gasteiger partial charge in [0.1, 0.15) is 0 Å². The van der Waals surface area contributed by atoms with Crippen LogP contribution in [-0.2, 0) is 10.2 Å². The predicted molar refractivity (Wildman–Crippen MR) is 117 cm³/mol. The van der Waals surface area contributed by atoms with Crippen molar-refractivity contribution in [1.29, 1.82) is 0 Å². The first kappa shape index (κ1) is 24.0. The molecule has 8 nitrogen and oxygen atoms in total. The van der Waals surface area contributed by atoms with Crippen LogP contribution in [0.5, 0.6) is 0 Å². The third-order valence-corrected chi connectivity index (χ3v) is 5.55. The van der Waals surface area contributed by atoms with Crippen LogP contribution in [0.3, 0.4) is 0 Å². The number of carbonyl (C=O) groups excluding carboxylic acids is 1. The number of amides is 2. The highest BCUT2D eigenvalue weighted by atomic mass is 32.2. The van der Waals surface area contributed by atoms with Crippen molar-refractivity contribution in [3.63, 3.8) is 0 Å². The summed E-state index contributed by atoms with van der Waals surface area (Å²) in [6.07, 6.45) is 0. The summed E-state index contributed by atoms with van der Waals surface area (Å²) in [5.74, 6) is 0. The molecule has 0 bridgehead atoms. The number of rotatable bonds is 9. The summed E-state index contributed by atoms with van der Waals surface area (Å²) in [5, 5.41) is 9.24. The predicted octanol–water partition coefficient (Wildman–Crippen LogP) is 3.81. The van der Waals surface area contributed by atoms with Gasteiger partial charge in [0.05, 0.1) is 17.1 Å². The molecule has 0 aliphatic carbocycles. The highest BCUT2D eigenvalue weighted by molar-refractivity contribution is 7.87. The van der Waals surface area contributed by atoms with E-state index >= 15 is 0 Å². The summed E-state index contributed by atoms with van der Waals surface area (Å²) in [4.78, 5) is 12.6. The molecule has 0 saturated carbocycles. The molecule has 0 radical (unpaired) electrons. The quantitative estimate of drug-likeness (QED) is 0.493. The van der Waals surface area contributed by atoms with Gasteiger partial charge in [-0.1, -0.05) is 6.07 Å². The number of hydrogen-bond donors (Lipinski definition) is 4. The Kier molecular flexibility index (Phi) is 8.56. The minimum absolute atomic E-state index is 0.138. The van der Waals surface area contributed by atoms with E-state index in [0.717, 1.165) is 0 Å². The van der Waals surface area contributed by atoms with E-state index < -0.39 is 16.2 Å².